The Hall–Kier alpha value is -3.80. The zero-order valence-corrected chi connectivity index (χ0v) is 16.2. The number of benzene rings is 3. The van der Waals surface area contributed by atoms with E-state index in [9.17, 15) is 4.79 Å². The Morgan fingerprint density at radius 2 is 1.69 bits per heavy atom. The summed E-state index contributed by atoms with van der Waals surface area (Å²) in [5, 5.41) is 12.4. The first-order chi connectivity index (χ1) is 14.1. The van der Waals surface area contributed by atoms with Crippen molar-refractivity contribution in [1.29, 1.82) is 0 Å². The second-order valence-corrected chi connectivity index (χ2v) is 6.27. The monoisotopic (exact) mass is 390 g/mol. The summed E-state index contributed by atoms with van der Waals surface area (Å²) in [5.74, 6) is -0.263. The largest absolute Gasteiger partial charge is 0.493 e. The maximum atomic E-state index is 11.2. The summed E-state index contributed by atoms with van der Waals surface area (Å²) in [5.41, 5.74) is 3.35. The van der Waals surface area contributed by atoms with Crippen molar-refractivity contribution in [2.24, 2.45) is 4.99 Å². The van der Waals surface area contributed by atoms with Crippen molar-refractivity contribution < 1.29 is 19.4 Å². The van der Waals surface area contributed by atoms with Crippen LogP contribution < -0.4 is 14.8 Å². The van der Waals surface area contributed by atoms with E-state index in [1.54, 1.807) is 24.4 Å². The van der Waals surface area contributed by atoms with Crippen molar-refractivity contribution in [3.63, 3.8) is 0 Å². The van der Waals surface area contributed by atoms with E-state index < -0.39 is 12.1 Å². The van der Waals surface area contributed by atoms with E-state index in [4.69, 9.17) is 14.6 Å². The van der Waals surface area contributed by atoms with Crippen molar-refractivity contribution in [1.82, 2.24) is 0 Å². The number of para-hydroxylation sites is 2. The smallest absolute Gasteiger partial charge is 0.344 e. The minimum atomic E-state index is -1.06. The predicted molar refractivity (Wildman–Crippen MR) is 114 cm³/mol. The molecule has 0 radical (unpaired) electrons. The molecule has 1 atom stereocenters. The van der Waals surface area contributed by atoms with Crippen LogP contribution in [0.15, 0.2) is 77.8 Å². The zero-order chi connectivity index (χ0) is 20.6. The van der Waals surface area contributed by atoms with Crippen molar-refractivity contribution >= 4 is 29.2 Å². The summed E-state index contributed by atoms with van der Waals surface area (Å²) < 4.78 is 10.9. The lowest BCUT2D eigenvalue weighted by Crippen LogP contribution is -2.23. The Labute approximate surface area is 169 Å². The average Bonchev–Trinajstić information content (AvgIpc) is 2.74. The lowest BCUT2D eigenvalue weighted by molar-refractivity contribution is -0.144. The van der Waals surface area contributed by atoms with Gasteiger partial charge in [-0.2, -0.15) is 0 Å². The molecule has 0 aliphatic carbocycles. The highest BCUT2D eigenvalue weighted by molar-refractivity contribution is 5.87. The fourth-order valence-electron chi connectivity index (χ4n) is 2.61. The molecule has 0 unspecified atom stereocenters. The Morgan fingerprint density at radius 1 is 1.00 bits per heavy atom. The van der Waals surface area contributed by atoms with E-state index in [2.05, 4.69) is 10.3 Å². The van der Waals surface area contributed by atoms with Gasteiger partial charge in [0.1, 0.15) is 0 Å². The summed E-state index contributed by atoms with van der Waals surface area (Å²) in [7, 11) is 1.51. The summed E-state index contributed by atoms with van der Waals surface area (Å²) in [6, 6.07) is 22.9. The van der Waals surface area contributed by atoms with Crippen LogP contribution in [-0.2, 0) is 4.79 Å². The Kier molecular flexibility index (Phi) is 6.47. The molecule has 3 aromatic rings. The van der Waals surface area contributed by atoms with E-state index in [-0.39, 0.29) is 0 Å². The summed E-state index contributed by atoms with van der Waals surface area (Å²) in [4.78, 5) is 15.6. The van der Waals surface area contributed by atoms with Crippen LogP contribution in [-0.4, -0.2) is 30.5 Å². The molecule has 29 heavy (non-hydrogen) atoms. The molecule has 0 saturated heterocycles. The van der Waals surface area contributed by atoms with E-state index in [1.807, 2.05) is 54.6 Å². The number of aliphatic imine (C=N–C) groups is 1. The normalized spacial score (nSPS) is 11.8. The fourth-order valence-corrected chi connectivity index (χ4v) is 2.61. The molecule has 6 heteroatoms. The van der Waals surface area contributed by atoms with E-state index in [1.165, 1.54) is 14.0 Å². The van der Waals surface area contributed by atoms with Crippen LogP contribution in [0.25, 0.3) is 0 Å². The second-order valence-electron chi connectivity index (χ2n) is 6.27. The van der Waals surface area contributed by atoms with Gasteiger partial charge in [0.2, 0.25) is 0 Å². The number of nitrogens with one attached hydrogen (secondary N) is 1. The fraction of sp³-hybridized carbons (Fsp3) is 0.130. The molecule has 3 aromatic carbocycles. The summed E-state index contributed by atoms with van der Waals surface area (Å²) in [6.45, 7) is 1.47. The highest BCUT2D eigenvalue weighted by Crippen LogP contribution is 2.31. The van der Waals surface area contributed by atoms with Crippen LogP contribution >= 0.6 is 0 Å². The van der Waals surface area contributed by atoms with E-state index >= 15 is 0 Å². The molecule has 0 spiro atoms. The molecule has 0 fully saturated rings. The van der Waals surface area contributed by atoms with Crippen LogP contribution in [0.2, 0.25) is 0 Å². The number of anilines is 2. The minimum Gasteiger partial charge on any atom is -0.493 e. The van der Waals surface area contributed by atoms with Gasteiger partial charge in [0.05, 0.1) is 12.8 Å². The number of carboxylic acids is 1. The number of nitrogens with zero attached hydrogens (tertiary/aromatic N) is 1. The molecule has 0 heterocycles. The van der Waals surface area contributed by atoms with Crippen LogP contribution in [0.5, 0.6) is 11.5 Å². The summed E-state index contributed by atoms with van der Waals surface area (Å²) >= 11 is 0. The molecule has 6 nitrogen and oxygen atoms in total. The number of rotatable bonds is 8. The molecule has 2 N–H and O–H groups in total. The van der Waals surface area contributed by atoms with Gasteiger partial charge in [0, 0.05) is 23.2 Å². The van der Waals surface area contributed by atoms with Crippen LogP contribution in [0.1, 0.15) is 12.5 Å². The van der Waals surface area contributed by atoms with Crippen molar-refractivity contribution in [2.75, 3.05) is 12.4 Å². The standard InChI is InChI=1S/C23H22N2O4/c1-16(23(26)27)29-22-17(7-6-10-21(22)28-2)15-24-18-11-13-20(14-12-18)25-19-8-4-3-5-9-19/h3-16,25H,1-2H3,(H,26,27)/t16-/m0/s1. The number of carboxylic acid groups (broad SMARTS) is 1. The molecule has 0 saturated carbocycles. The third-order valence-corrected chi connectivity index (χ3v) is 4.15. The molecule has 0 bridgehead atoms. The third kappa shape index (κ3) is 5.35. The second kappa shape index (κ2) is 9.41. The SMILES string of the molecule is COc1cccc(C=Nc2ccc(Nc3ccccc3)cc2)c1O[C@@H](C)C(=O)O. The third-order valence-electron chi connectivity index (χ3n) is 4.15. The van der Waals surface area contributed by atoms with Gasteiger partial charge in [-0.1, -0.05) is 24.3 Å². The number of methoxy groups -OCH3 is 1. The Balaban J connectivity index is 1.78. The molecule has 3 rings (SSSR count). The first kappa shape index (κ1) is 19.9. The van der Waals surface area contributed by atoms with Gasteiger partial charge in [-0.3, -0.25) is 4.99 Å². The highest BCUT2D eigenvalue weighted by Gasteiger charge is 2.17. The first-order valence-electron chi connectivity index (χ1n) is 9.09. The Bertz CT molecular complexity index is 986. The van der Waals surface area contributed by atoms with Gasteiger partial charge in [0.25, 0.3) is 0 Å². The summed E-state index contributed by atoms with van der Waals surface area (Å²) in [6.07, 6.45) is 0.619. The van der Waals surface area contributed by atoms with Gasteiger partial charge < -0.3 is 19.9 Å². The number of ether oxygens (including phenoxy) is 2. The Morgan fingerprint density at radius 3 is 2.34 bits per heavy atom. The zero-order valence-electron chi connectivity index (χ0n) is 16.2. The van der Waals surface area contributed by atoms with Gasteiger partial charge in [-0.25, -0.2) is 4.79 Å². The maximum Gasteiger partial charge on any atom is 0.344 e. The lowest BCUT2D eigenvalue weighted by atomic mass is 10.2. The first-order valence-corrected chi connectivity index (χ1v) is 9.09. The van der Waals surface area contributed by atoms with E-state index in [0.717, 1.165) is 17.1 Å². The van der Waals surface area contributed by atoms with Crippen LogP contribution in [0.3, 0.4) is 0 Å². The predicted octanol–water partition coefficient (Wildman–Crippen LogP) is 5.04. The van der Waals surface area contributed by atoms with Crippen molar-refractivity contribution in [2.45, 2.75) is 13.0 Å². The molecule has 0 aliphatic heterocycles. The van der Waals surface area contributed by atoms with Gasteiger partial charge >= 0.3 is 5.97 Å². The number of hydrogen-bond donors (Lipinski definition) is 2. The van der Waals surface area contributed by atoms with Gasteiger partial charge in [-0.05, 0) is 55.5 Å². The molecule has 0 aromatic heterocycles. The quantitative estimate of drug-likeness (QED) is 0.527. The number of hydrogen-bond acceptors (Lipinski definition) is 5. The van der Waals surface area contributed by atoms with Crippen molar-refractivity contribution in [3.8, 4) is 11.5 Å². The maximum absolute atomic E-state index is 11.2. The topological polar surface area (TPSA) is 80.1 Å². The van der Waals surface area contributed by atoms with Crippen molar-refractivity contribution in [3.05, 3.63) is 78.4 Å². The molecule has 0 amide bonds. The highest BCUT2D eigenvalue weighted by atomic mass is 16.5. The molecular weight excluding hydrogens is 368 g/mol. The number of carbonyl (C=O) groups is 1. The van der Waals surface area contributed by atoms with Gasteiger partial charge in [0.15, 0.2) is 17.6 Å². The van der Waals surface area contributed by atoms with E-state index in [0.29, 0.717) is 17.1 Å². The minimum absolute atomic E-state index is 0.344. The van der Waals surface area contributed by atoms with Gasteiger partial charge in [-0.15, -0.1) is 0 Å². The average molecular weight is 390 g/mol. The van der Waals surface area contributed by atoms with Crippen LogP contribution in [0.4, 0.5) is 17.1 Å². The molecular formula is C23H22N2O4. The van der Waals surface area contributed by atoms with Crippen LogP contribution in [0, 0.1) is 0 Å². The molecule has 0 aliphatic rings. The lowest BCUT2D eigenvalue weighted by Gasteiger charge is -2.15. The number of aliphatic carboxylic acids is 1. The molecule has 148 valence electrons.